The van der Waals surface area contributed by atoms with E-state index in [1.54, 1.807) is 11.8 Å². The molecule has 4 rings (SSSR count). The van der Waals surface area contributed by atoms with Crippen LogP contribution in [0.2, 0.25) is 0 Å². The molecule has 0 saturated carbocycles. The van der Waals surface area contributed by atoms with E-state index >= 15 is 0 Å². The molecule has 0 bridgehead atoms. The summed E-state index contributed by atoms with van der Waals surface area (Å²) in [4.78, 5) is 25.2. The van der Waals surface area contributed by atoms with Gasteiger partial charge < -0.3 is 30.9 Å². The number of nitrogens with zero attached hydrogens (tertiary/aromatic N) is 1. The summed E-state index contributed by atoms with van der Waals surface area (Å²) >= 11 is 1.55. The molecule has 0 fully saturated rings. The van der Waals surface area contributed by atoms with Crippen LogP contribution in [0, 0.1) is 0 Å². The van der Waals surface area contributed by atoms with Gasteiger partial charge in [-0.25, -0.2) is 0 Å². The number of hydrogen-bond donors (Lipinski definition) is 3. The maximum Gasteiger partial charge on any atom is 0.133 e. The van der Waals surface area contributed by atoms with Crippen molar-refractivity contribution in [3.8, 4) is 0 Å². The monoisotopic (exact) mass is 462 g/mol. The van der Waals surface area contributed by atoms with E-state index in [0.29, 0.717) is 0 Å². The summed E-state index contributed by atoms with van der Waals surface area (Å²) in [6, 6.07) is 24.1. The Balaban J connectivity index is 0.000000266. The number of aldehydes is 1. The Hall–Kier alpha value is -3.71. The second-order valence-electron chi connectivity index (χ2n) is 7.32. The first-order valence-electron chi connectivity index (χ1n) is 10.3. The summed E-state index contributed by atoms with van der Waals surface area (Å²) < 4.78 is 0. The molecule has 1 aromatic heterocycles. The lowest BCUT2D eigenvalue weighted by molar-refractivity contribution is -0.107. The molecule has 7 heteroatoms. The van der Waals surface area contributed by atoms with Crippen molar-refractivity contribution in [1.82, 2.24) is 4.98 Å². The van der Waals surface area contributed by atoms with Gasteiger partial charge in [0.25, 0.3) is 0 Å². The van der Waals surface area contributed by atoms with Gasteiger partial charge in [-0.2, -0.15) is 0 Å². The molecule has 0 radical (unpaired) electrons. The molecule has 3 aromatic carbocycles. The van der Waals surface area contributed by atoms with Crippen LogP contribution in [-0.2, 0) is 16.1 Å². The minimum atomic E-state index is -0.0718. The van der Waals surface area contributed by atoms with Crippen molar-refractivity contribution in [3.63, 3.8) is 0 Å². The zero-order valence-electron chi connectivity index (χ0n) is 18.9. The third-order valence-electron chi connectivity index (χ3n) is 4.78. The molecule has 0 aliphatic rings. The van der Waals surface area contributed by atoms with Gasteiger partial charge in [-0.15, -0.1) is 11.8 Å². The first-order chi connectivity index (χ1) is 16.0. The van der Waals surface area contributed by atoms with Crippen LogP contribution in [0.15, 0.2) is 83.9 Å². The van der Waals surface area contributed by atoms with Gasteiger partial charge in [-0.3, -0.25) is 0 Å². The van der Waals surface area contributed by atoms with Gasteiger partial charge in [0.1, 0.15) is 13.1 Å². The fraction of sp³-hybridized carbons (Fsp3) is 0.154. The molecular weight excluding hydrogens is 432 g/mol. The maximum absolute atomic E-state index is 10.9. The van der Waals surface area contributed by atoms with Crippen LogP contribution < -0.4 is 16.4 Å². The number of carbonyl (C=O) groups excluding carboxylic acids is 2. The predicted molar refractivity (Wildman–Crippen MR) is 141 cm³/mol. The quantitative estimate of drug-likeness (QED) is 0.208. The predicted octanol–water partition coefficient (Wildman–Crippen LogP) is 5.15. The van der Waals surface area contributed by atoms with E-state index in [1.807, 2.05) is 87.6 Å². The van der Waals surface area contributed by atoms with E-state index in [9.17, 15) is 4.79 Å². The van der Waals surface area contributed by atoms with E-state index < -0.39 is 0 Å². The van der Waals surface area contributed by atoms with Crippen molar-refractivity contribution >= 4 is 52.8 Å². The summed E-state index contributed by atoms with van der Waals surface area (Å²) in [5.41, 5.74) is 16.5. The standard InChI is InChI=1S/C17H20N2OS.C8H8N2.CH2O/c1-13(12-20)21-17-9-8-15(18)10-16(17)19(2)11-14-6-4-3-5-7-14;9-7-5-10-8-4-2-1-3-6(7)8;1-2/h3-10,12-13H,11,18H2,1-2H3;1-5,10H,9H2;1H2. The Morgan fingerprint density at radius 1 is 1.03 bits per heavy atom. The zero-order chi connectivity index (χ0) is 24.2. The molecular formula is C26H30N4O2S. The van der Waals surface area contributed by atoms with Gasteiger partial charge >= 0.3 is 0 Å². The topological polar surface area (TPSA) is 105 Å². The van der Waals surface area contributed by atoms with Crippen molar-refractivity contribution in [2.75, 3.05) is 23.4 Å². The highest BCUT2D eigenvalue weighted by Gasteiger charge is 2.12. The molecule has 4 aromatic rings. The van der Waals surface area contributed by atoms with E-state index in [0.717, 1.165) is 45.7 Å². The number of carbonyl (C=O) groups is 2. The van der Waals surface area contributed by atoms with E-state index in [4.69, 9.17) is 16.3 Å². The van der Waals surface area contributed by atoms with Crippen LogP contribution >= 0.6 is 11.8 Å². The average Bonchev–Trinajstić information content (AvgIpc) is 3.23. The van der Waals surface area contributed by atoms with Gasteiger partial charge in [-0.1, -0.05) is 48.5 Å². The molecule has 0 aliphatic heterocycles. The zero-order valence-corrected chi connectivity index (χ0v) is 19.7. The lowest BCUT2D eigenvalue weighted by atomic mass is 10.2. The lowest BCUT2D eigenvalue weighted by Gasteiger charge is -2.23. The SMILES string of the molecule is C=O.CC(C=O)Sc1ccc(N)cc1N(C)Cc1ccccc1.Nc1c[nH]c2ccccc12. The molecule has 0 saturated heterocycles. The smallest absolute Gasteiger partial charge is 0.133 e. The molecule has 0 aliphatic carbocycles. The fourth-order valence-corrected chi connectivity index (χ4v) is 4.14. The average molecular weight is 463 g/mol. The minimum absolute atomic E-state index is 0.0718. The highest BCUT2D eigenvalue weighted by Crippen LogP contribution is 2.34. The van der Waals surface area contributed by atoms with Crippen LogP contribution in [0.5, 0.6) is 0 Å². The molecule has 0 amide bonds. The Morgan fingerprint density at radius 2 is 1.70 bits per heavy atom. The van der Waals surface area contributed by atoms with Gasteiger partial charge in [0, 0.05) is 41.3 Å². The van der Waals surface area contributed by atoms with E-state index in [1.165, 1.54) is 5.56 Å². The molecule has 172 valence electrons. The summed E-state index contributed by atoms with van der Waals surface area (Å²) in [5, 5.41) is 1.03. The maximum atomic E-state index is 10.9. The van der Waals surface area contributed by atoms with Crippen LogP contribution in [0.3, 0.4) is 0 Å². The van der Waals surface area contributed by atoms with E-state index in [2.05, 4.69) is 22.0 Å². The van der Waals surface area contributed by atoms with Crippen LogP contribution in [0.1, 0.15) is 12.5 Å². The number of anilines is 3. The van der Waals surface area contributed by atoms with Gasteiger partial charge in [0.2, 0.25) is 0 Å². The Labute approximate surface area is 199 Å². The molecule has 0 spiro atoms. The van der Waals surface area contributed by atoms with Crippen LogP contribution in [0.25, 0.3) is 10.9 Å². The lowest BCUT2D eigenvalue weighted by Crippen LogP contribution is -2.17. The molecule has 1 unspecified atom stereocenters. The number of H-pyrrole nitrogens is 1. The first-order valence-corrected chi connectivity index (χ1v) is 11.2. The van der Waals surface area contributed by atoms with Crippen molar-refractivity contribution in [2.45, 2.75) is 23.6 Å². The number of benzene rings is 3. The number of para-hydroxylation sites is 1. The number of thioether (sulfide) groups is 1. The molecule has 6 nitrogen and oxygen atoms in total. The van der Waals surface area contributed by atoms with Crippen molar-refractivity contribution in [2.24, 2.45) is 0 Å². The number of nitrogens with one attached hydrogen (secondary N) is 1. The van der Waals surface area contributed by atoms with Gasteiger partial charge in [-0.05, 0) is 36.8 Å². The fourth-order valence-electron chi connectivity index (χ4n) is 3.20. The highest BCUT2D eigenvalue weighted by molar-refractivity contribution is 8.00. The summed E-state index contributed by atoms with van der Waals surface area (Å²) in [6.07, 6.45) is 2.77. The third-order valence-corrected chi connectivity index (χ3v) is 5.86. The Morgan fingerprint density at radius 3 is 2.36 bits per heavy atom. The van der Waals surface area contributed by atoms with Crippen LogP contribution in [-0.4, -0.2) is 30.4 Å². The van der Waals surface area contributed by atoms with Crippen molar-refractivity contribution in [3.05, 3.63) is 84.6 Å². The summed E-state index contributed by atoms with van der Waals surface area (Å²) in [7, 11) is 2.04. The summed E-state index contributed by atoms with van der Waals surface area (Å²) in [6.45, 7) is 4.70. The first kappa shape index (κ1) is 25.5. The van der Waals surface area contributed by atoms with Crippen molar-refractivity contribution in [1.29, 1.82) is 0 Å². The highest BCUT2D eigenvalue weighted by atomic mass is 32.2. The van der Waals surface area contributed by atoms with Gasteiger partial charge in [0.15, 0.2) is 0 Å². The number of fused-ring (bicyclic) bond motifs is 1. The Kier molecular flexibility index (Phi) is 10.0. The number of aromatic nitrogens is 1. The normalized spacial score (nSPS) is 10.8. The minimum Gasteiger partial charge on any atom is -0.399 e. The number of hydrogen-bond acceptors (Lipinski definition) is 6. The third kappa shape index (κ3) is 7.43. The van der Waals surface area contributed by atoms with E-state index in [-0.39, 0.29) is 5.25 Å². The second-order valence-corrected chi connectivity index (χ2v) is 8.74. The Bertz CT molecular complexity index is 1150. The molecule has 1 heterocycles. The second kappa shape index (κ2) is 13.0. The van der Waals surface area contributed by atoms with Gasteiger partial charge in [0.05, 0.1) is 16.6 Å². The summed E-state index contributed by atoms with van der Waals surface area (Å²) in [5.74, 6) is 0. The number of nitrogens with two attached hydrogens (primary N) is 2. The van der Waals surface area contributed by atoms with Crippen molar-refractivity contribution < 1.29 is 9.59 Å². The molecule has 33 heavy (non-hydrogen) atoms. The molecule has 5 N–H and O–H groups in total. The molecule has 1 atom stereocenters. The number of aromatic amines is 1. The number of nitrogen functional groups attached to an aromatic ring is 2. The van der Waals surface area contributed by atoms with Crippen LogP contribution in [0.4, 0.5) is 17.1 Å². The largest absolute Gasteiger partial charge is 0.399 e. The number of rotatable bonds is 6.